The summed E-state index contributed by atoms with van der Waals surface area (Å²) in [6.07, 6.45) is 2.77. The van der Waals surface area contributed by atoms with Crippen molar-refractivity contribution in [2.45, 2.75) is 13.3 Å². The summed E-state index contributed by atoms with van der Waals surface area (Å²) < 4.78 is 15.9. The van der Waals surface area contributed by atoms with Crippen LogP contribution in [-0.4, -0.2) is 33.7 Å². The second kappa shape index (κ2) is 8.82. The lowest BCUT2D eigenvalue weighted by Crippen LogP contribution is -2.12. The Balaban J connectivity index is 1.82. The molecule has 0 aliphatic heterocycles. The van der Waals surface area contributed by atoms with Gasteiger partial charge in [-0.05, 0) is 30.7 Å². The lowest BCUT2D eigenvalue weighted by Gasteiger charge is -2.13. The topological polar surface area (TPSA) is 147 Å². The molecule has 1 N–H and O–H groups in total. The van der Waals surface area contributed by atoms with E-state index in [0.29, 0.717) is 11.5 Å². The summed E-state index contributed by atoms with van der Waals surface area (Å²) in [5, 5.41) is 13.2. The molecular weight excluding hydrogens is 396 g/mol. The summed E-state index contributed by atoms with van der Waals surface area (Å²) in [6, 6.07) is 7.23. The Kier molecular flexibility index (Phi) is 6.01. The molecule has 3 aromatic rings. The first-order valence-corrected chi connectivity index (χ1v) is 8.57. The maximum atomic E-state index is 12.3. The van der Waals surface area contributed by atoms with E-state index < -0.39 is 16.7 Å². The highest BCUT2D eigenvalue weighted by Gasteiger charge is 2.20. The van der Waals surface area contributed by atoms with E-state index in [1.54, 1.807) is 18.2 Å². The number of ether oxygens (including phenoxy) is 2. The van der Waals surface area contributed by atoms with Crippen LogP contribution in [0.25, 0.3) is 0 Å². The van der Waals surface area contributed by atoms with Gasteiger partial charge in [0.25, 0.3) is 5.91 Å². The zero-order chi connectivity index (χ0) is 21.7. The zero-order valence-electron chi connectivity index (χ0n) is 15.9. The van der Waals surface area contributed by atoms with E-state index in [1.165, 1.54) is 32.6 Å². The van der Waals surface area contributed by atoms with Gasteiger partial charge >= 0.3 is 5.88 Å². The minimum Gasteiger partial charge on any atom is -0.493 e. The van der Waals surface area contributed by atoms with Gasteiger partial charge in [0.2, 0.25) is 5.88 Å². The highest BCUT2D eigenvalue weighted by molar-refractivity contribution is 6.03. The maximum Gasteiger partial charge on any atom is 0.433 e. The Labute approximate surface area is 169 Å². The van der Waals surface area contributed by atoms with Crippen molar-refractivity contribution in [1.29, 1.82) is 0 Å². The lowest BCUT2D eigenvalue weighted by atomic mass is 10.1. The quantitative estimate of drug-likeness (QED) is 0.435. The van der Waals surface area contributed by atoms with Crippen LogP contribution < -0.4 is 14.8 Å². The van der Waals surface area contributed by atoms with Crippen LogP contribution in [0, 0.1) is 10.1 Å². The molecule has 30 heavy (non-hydrogen) atoms. The van der Waals surface area contributed by atoms with Crippen molar-refractivity contribution in [3.63, 3.8) is 0 Å². The number of carbonyl (C=O) groups excluding carboxylic acids is 2. The molecule has 0 aliphatic rings. The fraction of sp³-hybridized carbons (Fsp3) is 0.158. The van der Waals surface area contributed by atoms with Crippen molar-refractivity contribution in [2.75, 3.05) is 12.4 Å². The van der Waals surface area contributed by atoms with Crippen molar-refractivity contribution in [3.8, 4) is 17.4 Å². The summed E-state index contributed by atoms with van der Waals surface area (Å²) in [5.41, 5.74) is 0.860. The number of methoxy groups -OCH3 is 1. The molecule has 154 valence electrons. The molecule has 2 heterocycles. The van der Waals surface area contributed by atoms with Crippen molar-refractivity contribution < 1.29 is 28.4 Å². The monoisotopic (exact) mass is 412 g/mol. The molecule has 0 bridgehead atoms. The van der Waals surface area contributed by atoms with E-state index in [9.17, 15) is 19.7 Å². The van der Waals surface area contributed by atoms with Gasteiger partial charge in [-0.15, -0.1) is 0 Å². The first kappa shape index (κ1) is 20.5. The van der Waals surface area contributed by atoms with Crippen molar-refractivity contribution in [1.82, 2.24) is 9.97 Å². The average Bonchev–Trinajstić information content (AvgIpc) is 3.21. The third-order valence-corrected chi connectivity index (χ3v) is 3.81. The molecule has 0 radical (unpaired) electrons. The molecule has 0 saturated carbocycles. The molecule has 11 nitrogen and oxygen atoms in total. The molecule has 3 rings (SSSR count). The third-order valence-electron chi connectivity index (χ3n) is 3.81. The molecule has 0 atom stereocenters. The fourth-order valence-corrected chi connectivity index (χ4v) is 2.52. The molecule has 0 spiro atoms. The predicted molar refractivity (Wildman–Crippen MR) is 103 cm³/mol. The number of aromatic nitrogens is 2. The van der Waals surface area contributed by atoms with E-state index in [2.05, 4.69) is 15.3 Å². The number of hydrogen-bond donors (Lipinski definition) is 1. The van der Waals surface area contributed by atoms with Gasteiger partial charge in [-0.25, -0.2) is 4.98 Å². The Morgan fingerprint density at radius 2 is 2.03 bits per heavy atom. The van der Waals surface area contributed by atoms with Gasteiger partial charge in [0.05, 0.1) is 19.4 Å². The number of rotatable bonds is 8. The van der Waals surface area contributed by atoms with Gasteiger partial charge in [0.15, 0.2) is 17.3 Å². The van der Waals surface area contributed by atoms with Crippen LogP contribution in [0.15, 0.2) is 47.3 Å². The number of nitrogens with zero attached hydrogens (tertiary/aromatic N) is 3. The van der Waals surface area contributed by atoms with Gasteiger partial charge in [0, 0.05) is 6.42 Å². The van der Waals surface area contributed by atoms with Crippen LogP contribution in [0.2, 0.25) is 0 Å². The van der Waals surface area contributed by atoms with E-state index >= 15 is 0 Å². The van der Waals surface area contributed by atoms with Crippen LogP contribution in [0.3, 0.4) is 0 Å². The number of amides is 1. The van der Waals surface area contributed by atoms with Gasteiger partial charge in [-0.2, -0.15) is 4.98 Å². The van der Waals surface area contributed by atoms with Gasteiger partial charge in [-0.3, -0.25) is 19.7 Å². The van der Waals surface area contributed by atoms with E-state index in [-0.39, 0.29) is 29.5 Å². The zero-order valence-corrected chi connectivity index (χ0v) is 15.9. The molecule has 0 unspecified atom stereocenters. The van der Waals surface area contributed by atoms with Gasteiger partial charge < -0.3 is 19.2 Å². The Hall–Kier alpha value is -4.28. The maximum absolute atomic E-state index is 12.3. The first-order valence-electron chi connectivity index (χ1n) is 8.57. The van der Waals surface area contributed by atoms with Gasteiger partial charge in [0.1, 0.15) is 22.7 Å². The molecule has 2 aromatic heterocycles. The number of Topliss-reactive ketones (excluding diaryl/α,β-unsaturated/α-hetero) is 1. The highest BCUT2D eigenvalue weighted by Crippen LogP contribution is 2.34. The number of furan rings is 1. The molecular formula is C19H16N4O7. The van der Waals surface area contributed by atoms with Gasteiger partial charge in [-0.1, -0.05) is 6.07 Å². The minimum absolute atomic E-state index is 0.00434. The number of nitro groups is 1. The Morgan fingerprint density at radius 1 is 1.23 bits per heavy atom. The molecule has 11 heteroatoms. The molecule has 0 saturated heterocycles. The SMILES string of the molecule is COc1cc(CC(C)=O)ccc1Oc1ncncc1NC(=O)c1ccc([N+](=O)[O-])o1. The molecule has 1 amide bonds. The molecule has 0 aliphatic carbocycles. The Bertz CT molecular complexity index is 1110. The second-order valence-electron chi connectivity index (χ2n) is 6.06. The number of ketones is 1. The minimum atomic E-state index is -0.751. The molecule has 0 fully saturated rings. The van der Waals surface area contributed by atoms with Crippen LogP contribution in [0.5, 0.6) is 17.4 Å². The standard InChI is InChI=1S/C19H16N4O7/c1-11(24)7-12-3-4-14(16(8-12)28-2)30-19-13(9-20-10-21-19)22-18(25)15-5-6-17(29-15)23(26)27/h3-6,8-10H,7H2,1-2H3,(H,22,25). The first-order chi connectivity index (χ1) is 14.4. The average molecular weight is 412 g/mol. The third kappa shape index (κ3) is 4.76. The van der Waals surface area contributed by atoms with E-state index in [0.717, 1.165) is 11.6 Å². The number of benzene rings is 1. The van der Waals surface area contributed by atoms with Crippen LogP contribution in [0.1, 0.15) is 23.0 Å². The van der Waals surface area contributed by atoms with Crippen molar-refractivity contribution >= 4 is 23.3 Å². The number of anilines is 1. The second-order valence-corrected chi connectivity index (χ2v) is 6.06. The number of hydrogen-bond acceptors (Lipinski definition) is 9. The number of nitrogens with one attached hydrogen (secondary N) is 1. The largest absolute Gasteiger partial charge is 0.493 e. The predicted octanol–water partition coefficient (Wildman–Crippen LogP) is 3.16. The van der Waals surface area contributed by atoms with Crippen molar-refractivity contribution in [2.24, 2.45) is 0 Å². The van der Waals surface area contributed by atoms with Crippen molar-refractivity contribution in [3.05, 3.63) is 64.3 Å². The fourth-order valence-electron chi connectivity index (χ4n) is 2.52. The summed E-state index contributed by atoms with van der Waals surface area (Å²) in [4.78, 5) is 41.4. The number of carbonyl (C=O) groups is 2. The molecule has 1 aromatic carbocycles. The van der Waals surface area contributed by atoms with Crippen LogP contribution in [0.4, 0.5) is 11.6 Å². The Morgan fingerprint density at radius 3 is 2.70 bits per heavy atom. The van der Waals surface area contributed by atoms with E-state index in [1.807, 2.05) is 0 Å². The van der Waals surface area contributed by atoms with E-state index in [4.69, 9.17) is 13.9 Å². The summed E-state index contributed by atoms with van der Waals surface area (Å²) >= 11 is 0. The highest BCUT2D eigenvalue weighted by atomic mass is 16.6. The summed E-state index contributed by atoms with van der Waals surface area (Å²) in [5.74, 6) is -0.883. The normalized spacial score (nSPS) is 10.3. The smallest absolute Gasteiger partial charge is 0.433 e. The lowest BCUT2D eigenvalue weighted by molar-refractivity contribution is -0.402. The summed E-state index contributed by atoms with van der Waals surface area (Å²) in [6.45, 7) is 1.49. The summed E-state index contributed by atoms with van der Waals surface area (Å²) in [7, 11) is 1.45. The van der Waals surface area contributed by atoms with Crippen LogP contribution >= 0.6 is 0 Å². The van der Waals surface area contributed by atoms with Crippen LogP contribution in [-0.2, 0) is 11.2 Å².